The van der Waals surface area contributed by atoms with Crippen molar-refractivity contribution < 1.29 is 0 Å². The van der Waals surface area contributed by atoms with Crippen molar-refractivity contribution in [1.82, 2.24) is 4.98 Å². The molecule has 2 nitrogen and oxygen atoms in total. The van der Waals surface area contributed by atoms with Crippen molar-refractivity contribution in [2.45, 2.75) is 13.5 Å². The van der Waals surface area contributed by atoms with Gasteiger partial charge in [0.25, 0.3) is 0 Å². The van der Waals surface area contributed by atoms with Gasteiger partial charge in [-0.05, 0) is 74.2 Å². The number of aromatic nitrogens is 1. The summed E-state index contributed by atoms with van der Waals surface area (Å²) in [7, 11) is 0. The van der Waals surface area contributed by atoms with Crippen LogP contribution in [-0.4, -0.2) is 4.98 Å². The second kappa shape index (κ2) is 5.65. The highest BCUT2D eigenvalue weighted by molar-refractivity contribution is 9.11. The normalized spacial score (nSPS) is 10.3. The van der Waals surface area contributed by atoms with Gasteiger partial charge in [-0.3, -0.25) is 4.98 Å². The number of nitrogens with one attached hydrogen (secondary N) is 1. The van der Waals surface area contributed by atoms with E-state index in [1.54, 1.807) is 12.4 Å². The predicted octanol–water partition coefficient (Wildman–Crippen LogP) is 4.53. The van der Waals surface area contributed by atoms with Crippen molar-refractivity contribution in [3.05, 3.63) is 56.7 Å². The Morgan fingerprint density at radius 3 is 2.29 bits per heavy atom. The highest BCUT2D eigenvalue weighted by Crippen LogP contribution is 2.32. The van der Waals surface area contributed by atoms with Crippen molar-refractivity contribution in [3.8, 4) is 0 Å². The van der Waals surface area contributed by atoms with Gasteiger partial charge in [0.15, 0.2) is 0 Å². The maximum atomic E-state index is 4.00. The van der Waals surface area contributed by atoms with E-state index in [-0.39, 0.29) is 0 Å². The Labute approximate surface area is 118 Å². The highest BCUT2D eigenvalue weighted by Gasteiger charge is 2.05. The van der Waals surface area contributed by atoms with Crippen LogP contribution < -0.4 is 5.32 Å². The van der Waals surface area contributed by atoms with E-state index in [2.05, 4.69) is 61.2 Å². The molecule has 0 saturated carbocycles. The number of pyridine rings is 1. The molecule has 0 aliphatic heterocycles. The lowest BCUT2D eigenvalue weighted by molar-refractivity contribution is 1.12. The Morgan fingerprint density at radius 1 is 1.12 bits per heavy atom. The summed E-state index contributed by atoms with van der Waals surface area (Å²) in [5.74, 6) is 0. The van der Waals surface area contributed by atoms with Crippen LogP contribution in [0.2, 0.25) is 0 Å². The molecule has 0 radical (unpaired) electrons. The summed E-state index contributed by atoms with van der Waals surface area (Å²) in [5.41, 5.74) is 3.50. The molecule has 1 aromatic carbocycles. The molecule has 0 amide bonds. The number of hydrogen-bond donors (Lipinski definition) is 1. The van der Waals surface area contributed by atoms with E-state index in [0.29, 0.717) is 0 Å². The van der Waals surface area contributed by atoms with Crippen LogP contribution in [0.25, 0.3) is 0 Å². The van der Waals surface area contributed by atoms with Crippen LogP contribution in [-0.2, 0) is 6.54 Å². The average Bonchev–Trinajstić information content (AvgIpc) is 2.29. The number of benzene rings is 1. The molecule has 1 N–H and O–H groups in total. The van der Waals surface area contributed by atoms with E-state index >= 15 is 0 Å². The van der Waals surface area contributed by atoms with E-state index in [1.807, 2.05) is 12.1 Å². The number of aryl methyl sites for hydroxylation is 1. The molecule has 0 unspecified atom stereocenters. The second-order valence-corrected chi connectivity index (χ2v) is 5.52. The zero-order valence-electron chi connectivity index (χ0n) is 9.37. The third-order valence-electron chi connectivity index (χ3n) is 2.41. The Balaban J connectivity index is 2.15. The minimum Gasteiger partial charge on any atom is -0.379 e. The fourth-order valence-electron chi connectivity index (χ4n) is 1.56. The number of hydrogen-bond acceptors (Lipinski definition) is 2. The lowest BCUT2D eigenvalue weighted by Gasteiger charge is -2.11. The molecule has 0 saturated heterocycles. The third-order valence-corrected chi connectivity index (χ3v) is 3.66. The highest BCUT2D eigenvalue weighted by atomic mass is 79.9. The summed E-state index contributed by atoms with van der Waals surface area (Å²) in [6.07, 6.45) is 3.60. The molecule has 1 aromatic heterocycles. The fourth-order valence-corrected chi connectivity index (χ4v) is 3.26. The van der Waals surface area contributed by atoms with Crippen LogP contribution in [0.15, 0.2) is 45.6 Å². The number of anilines is 1. The van der Waals surface area contributed by atoms with Crippen LogP contribution in [0.4, 0.5) is 5.69 Å². The van der Waals surface area contributed by atoms with Gasteiger partial charge in [-0.15, -0.1) is 0 Å². The molecule has 2 aromatic rings. The van der Waals surface area contributed by atoms with Crippen molar-refractivity contribution in [1.29, 1.82) is 0 Å². The SMILES string of the molecule is Cc1cc(Br)c(NCc2ccncc2)c(Br)c1. The van der Waals surface area contributed by atoms with Crippen molar-refractivity contribution in [3.63, 3.8) is 0 Å². The van der Waals surface area contributed by atoms with Crippen molar-refractivity contribution >= 4 is 37.5 Å². The molecule has 17 heavy (non-hydrogen) atoms. The summed E-state index contributed by atoms with van der Waals surface area (Å²) in [6.45, 7) is 2.85. The van der Waals surface area contributed by atoms with Crippen LogP contribution in [0, 0.1) is 6.92 Å². The topological polar surface area (TPSA) is 24.9 Å². The molecular formula is C13H12Br2N2. The van der Waals surface area contributed by atoms with Gasteiger partial charge in [0.2, 0.25) is 0 Å². The van der Waals surface area contributed by atoms with Crippen molar-refractivity contribution in [2.75, 3.05) is 5.32 Å². The first-order valence-electron chi connectivity index (χ1n) is 5.25. The van der Waals surface area contributed by atoms with E-state index in [1.165, 1.54) is 11.1 Å². The van der Waals surface area contributed by atoms with Gasteiger partial charge >= 0.3 is 0 Å². The molecule has 1 heterocycles. The predicted molar refractivity (Wildman–Crippen MR) is 78.1 cm³/mol. The van der Waals surface area contributed by atoms with E-state index < -0.39 is 0 Å². The van der Waals surface area contributed by atoms with Crippen molar-refractivity contribution in [2.24, 2.45) is 0 Å². The third kappa shape index (κ3) is 3.30. The lowest BCUT2D eigenvalue weighted by Crippen LogP contribution is -2.01. The van der Waals surface area contributed by atoms with Crippen LogP contribution in [0.3, 0.4) is 0 Å². The molecule has 88 valence electrons. The molecular weight excluding hydrogens is 344 g/mol. The maximum Gasteiger partial charge on any atom is 0.0631 e. The minimum absolute atomic E-state index is 0.781. The Kier molecular flexibility index (Phi) is 4.18. The van der Waals surface area contributed by atoms with Gasteiger partial charge in [-0.2, -0.15) is 0 Å². The molecule has 0 spiro atoms. The van der Waals surface area contributed by atoms with Crippen LogP contribution in [0.1, 0.15) is 11.1 Å². The van der Waals surface area contributed by atoms with Gasteiger partial charge in [0.1, 0.15) is 0 Å². The Bertz CT molecular complexity index is 489. The number of rotatable bonds is 3. The molecule has 0 atom stereocenters. The minimum atomic E-state index is 0.781. The van der Waals surface area contributed by atoms with E-state index in [4.69, 9.17) is 0 Å². The summed E-state index contributed by atoms with van der Waals surface area (Å²) in [4.78, 5) is 4.00. The molecule has 0 fully saturated rings. The first-order chi connectivity index (χ1) is 8.16. The summed E-state index contributed by atoms with van der Waals surface area (Å²) in [5, 5.41) is 3.40. The lowest BCUT2D eigenvalue weighted by atomic mass is 10.2. The number of halogens is 2. The van der Waals surface area contributed by atoms with E-state index in [9.17, 15) is 0 Å². The van der Waals surface area contributed by atoms with Crippen LogP contribution >= 0.6 is 31.9 Å². The first kappa shape index (κ1) is 12.6. The van der Waals surface area contributed by atoms with E-state index in [0.717, 1.165) is 21.2 Å². The standard InChI is InChI=1S/C13H12Br2N2/c1-9-6-11(14)13(12(15)7-9)17-8-10-2-4-16-5-3-10/h2-7,17H,8H2,1H3. The summed E-state index contributed by atoms with van der Waals surface area (Å²) >= 11 is 7.13. The molecule has 4 heteroatoms. The summed E-state index contributed by atoms with van der Waals surface area (Å²) in [6, 6.07) is 8.20. The first-order valence-corrected chi connectivity index (χ1v) is 6.84. The van der Waals surface area contributed by atoms with Gasteiger partial charge in [0, 0.05) is 27.9 Å². The maximum absolute atomic E-state index is 4.00. The van der Waals surface area contributed by atoms with Gasteiger partial charge in [-0.1, -0.05) is 0 Å². The monoisotopic (exact) mass is 354 g/mol. The molecule has 0 aliphatic carbocycles. The van der Waals surface area contributed by atoms with Crippen LogP contribution in [0.5, 0.6) is 0 Å². The van der Waals surface area contributed by atoms with Gasteiger partial charge in [-0.25, -0.2) is 0 Å². The second-order valence-electron chi connectivity index (χ2n) is 3.81. The van der Waals surface area contributed by atoms with Gasteiger partial charge in [0.05, 0.1) is 5.69 Å². The summed E-state index contributed by atoms with van der Waals surface area (Å²) < 4.78 is 2.14. The zero-order chi connectivity index (χ0) is 12.3. The fraction of sp³-hybridized carbons (Fsp3) is 0.154. The molecule has 2 rings (SSSR count). The quantitative estimate of drug-likeness (QED) is 0.875. The Hall–Kier alpha value is -0.870. The largest absolute Gasteiger partial charge is 0.379 e. The molecule has 0 bridgehead atoms. The smallest absolute Gasteiger partial charge is 0.0631 e. The molecule has 0 aliphatic rings. The average molecular weight is 356 g/mol. The Morgan fingerprint density at radius 2 is 1.71 bits per heavy atom. The number of nitrogens with zero attached hydrogens (tertiary/aromatic N) is 1. The van der Waals surface area contributed by atoms with Gasteiger partial charge < -0.3 is 5.32 Å². The zero-order valence-corrected chi connectivity index (χ0v) is 12.5.